The monoisotopic (exact) mass is 418 g/mol. The van der Waals surface area contributed by atoms with Crippen LogP contribution >= 0.6 is 11.3 Å². The summed E-state index contributed by atoms with van der Waals surface area (Å²) in [6.45, 7) is 2.81. The molecule has 1 saturated carbocycles. The molecule has 4 rings (SSSR count). The number of nitrogens with one attached hydrogen (secondary N) is 1. The van der Waals surface area contributed by atoms with Crippen molar-refractivity contribution in [1.29, 1.82) is 0 Å². The van der Waals surface area contributed by atoms with Crippen molar-refractivity contribution < 1.29 is 14.4 Å². The zero-order chi connectivity index (χ0) is 20.2. The summed E-state index contributed by atoms with van der Waals surface area (Å²) in [5, 5.41) is 5.04. The zero-order valence-electron chi connectivity index (χ0n) is 16.8. The summed E-state index contributed by atoms with van der Waals surface area (Å²) in [5.74, 6) is -0.0129. The van der Waals surface area contributed by atoms with E-state index in [1.807, 2.05) is 27.3 Å². The lowest BCUT2D eigenvalue weighted by molar-refractivity contribution is -0.136. The number of hydrogen-bond acceptors (Lipinski definition) is 4. The molecule has 0 unspecified atom stereocenters. The number of rotatable bonds is 3. The van der Waals surface area contributed by atoms with Crippen molar-refractivity contribution >= 4 is 29.2 Å². The highest BCUT2D eigenvalue weighted by Crippen LogP contribution is 2.24. The normalized spacial score (nSPS) is 23.3. The fourth-order valence-corrected chi connectivity index (χ4v) is 5.34. The van der Waals surface area contributed by atoms with E-state index in [2.05, 4.69) is 5.32 Å². The minimum absolute atomic E-state index is 0.000588. The molecular formula is C21H30N4O3S. The highest BCUT2D eigenvalue weighted by molar-refractivity contribution is 7.12. The predicted molar refractivity (Wildman–Crippen MR) is 112 cm³/mol. The Morgan fingerprint density at radius 1 is 0.897 bits per heavy atom. The SMILES string of the molecule is O=C(NC1CCCCC1)N1CCN(C(=O)[C@@H]2CCCN2C(=O)c2cccs2)CC1. The van der Waals surface area contributed by atoms with Crippen molar-refractivity contribution in [3.63, 3.8) is 0 Å². The van der Waals surface area contributed by atoms with Gasteiger partial charge in [0.2, 0.25) is 5.91 Å². The van der Waals surface area contributed by atoms with Gasteiger partial charge in [0.1, 0.15) is 6.04 Å². The predicted octanol–water partition coefficient (Wildman–Crippen LogP) is 2.54. The van der Waals surface area contributed by atoms with Crippen molar-refractivity contribution in [3.05, 3.63) is 22.4 Å². The first-order valence-corrected chi connectivity index (χ1v) is 11.7. The van der Waals surface area contributed by atoms with Crippen LogP contribution in [0.4, 0.5) is 4.79 Å². The van der Waals surface area contributed by atoms with Gasteiger partial charge in [-0.2, -0.15) is 0 Å². The van der Waals surface area contributed by atoms with Crippen molar-refractivity contribution in [2.24, 2.45) is 0 Å². The molecule has 1 aromatic rings. The van der Waals surface area contributed by atoms with Gasteiger partial charge in [-0.25, -0.2) is 4.79 Å². The summed E-state index contributed by atoms with van der Waals surface area (Å²) < 4.78 is 0. The number of nitrogens with zero attached hydrogens (tertiary/aromatic N) is 3. The standard InChI is InChI=1S/C21H30N4O3S/c26-19(17-8-4-10-25(17)20(27)18-9-5-15-29-18)23-11-13-24(14-12-23)21(28)22-16-6-2-1-3-7-16/h5,9,15-17H,1-4,6-8,10-14H2,(H,22,28)/t17-/m0/s1. The van der Waals surface area contributed by atoms with Gasteiger partial charge in [0, 0.05) is 38.8 Å². The van der Waals surface area contributed by atoms with Crippen LogP contribution in [0.5, 0.6) is 0 Å². The Bertz CT molecular complexity index is 724. The van der Waals surface area contributed by atoms with Gasteiger partial charge < -0.3 is 20.0 Å². The molecule has 8 heteroatoms. The summed E-state index contributed by atoms with van der Waals surface area (Å²) in [5.41, 5.74) is 0. The molecule has 158 valence electrons. The molecule has 29 heavy (non-hydrogen) atoms. The van der Waals surface area contributed by atoms with Gasteiger partial charge in [0.15, 0.2) is 0 Å². The number of piperazine rings is 1. The maximum Gasteiger partial charge on any atom is 0.317 e. The average molecular weight is 419 g/mol. The molecule has 4 amide bonds. The van der Waals surface area contributed by atoms with E-state index in [4.69, 9.17) is 0 Å². The molecule has 1 N–H and O–H groups in total. The molecule has 3 aliphatic rings. The lowest BCUT2D eigenvalue weighted by Gasteiger charge is -2.38. The van der Waals surface area contributed by atoms with Crippen molar-refractivity contribution in [2.45, 2.75) is 57.0 Å². The Hall–Kier alpha value is -2.09. The number of amides is 4. The maximum absolute atomic E-state index is 13.1. The topological polar surface area (TPSA) is 73.0 Å². The van der Waals surface area contributed by atoms with E-state index >= 15 is 0 Å². The molecule has 0 spiro atoms. The molecule has 1 atom stereocenters. The van der Waals surface area contributed by atoms with Crippen LogP contribution in [-0.4, -0.2) is 77.4 Å². The first-order chi connectivity index (χ1) is 14.1. The minimum atomic E-state index is -0.368. The molecule has 2 saturated heterocycles. The molecule has 2 aliphatic heterocycles. The highest BCUT2D eigenvalue weighted by Gasteiger charge is 2.38. The van der Waals surface area contributed by atoms with Crippen LogP contribution in [-0.2, 0) is 4.79 Å². The Morgan fingerprint density at radius 2 is 1.62 bits per heavy atom. The molecule has 0 aromatic carbocycles. The Balaban J connectivity index is 1.29. The van der Waals surface area contributed by atoms with Crippen LogP contribution in [0.2, 0.25) is 0 Å². The summed E-state index contributed by atoms with van der Waals surface area (Å²) in [6, 6.07) is 3.61. The molecule has 1 aliphatic carbocycles. The molecule has 3 heterocycles. The first kappa shape index (κ1) is 20.2. The summed E-state index contributed by atoms with van der Waals surface area (Å²) in [4.78, 5) is 44.4. The number of carbonyl (C=O) groups excluding carboxylic acids is 3. The molecule has 3 fully saturated rings. The number of carbonyl (C=O) groups is 3. The fourth-order valence-electron chi connectivity index (χ4n) is 4.66. The molecule has 0 bridgehead atoms. The zero-order valence-corrected chi connectivity index (χ0v) is 17.7. The van der Waals surface area contributed by atoms with Gasteiger partial charge in [-0.15, -0.1) is 11.3 Å². The van der Waals surface area contributed by atoms with Gasteiger partial charge in [0.25, 0.3) is 5.91 Å². The van der Waals surface area contributed by atoms with Crippen LogP contribution in [0.1, 0.15) is 54.6 Å². The number of thiophene rings is 1. The second-order valence-corrected chi connectivity index (χ2v) is 9.18. The van der Waals surface area contributed by atoms with Gasteiger partial charge in [-0.1, -0.05) is 25.3 Å². The average Bonchev–Trinajstić information content (AvgIpc) is 3.46. The molecule has 7 nitrogen and oxygen atoms in total. The highest BCUT2D eigenvalue weighted by atomic mass is 32.1. The summed E-state index contributed by atoms with van der Waals surface area (Å²) >= 11 is 1.42. The quantitative estimate of drug-likeness (QED) is 0.820. The van der Waals surface area contributed by atoms with E-state index in [0.717, 1.165) is 25.7 Å². The third kappa shape index (κ3) is 4.57. The van der Waals surface area contributed by atoms with Crippen molar-refractivity contribution in [3.8, 4) is 0 Å². The van der Waals surface area contributed by atoms with E-state index in [9.17, 15) is 14.4 Å². The van der Waals surface area contributed by atoms with Crippen LogP contribution in [0.3, 0.4) is 0 Å². The summed E-state index contributed by atoms with van der Waals surface area (Å²) in [7, 11) is 0. The van der Waals surface area contributed by atoms with Crippen LogP contribution in [0.25, 0.3) is 0 Å². The largest absolute Gasteiger partial charge is 0.337 e. The Kier molecular flexibility index (Phi) is 6.37. The van der Waals surface area contributed by atoms with E-state index < -0.39 is 0 Å². The lowest BCUT2D eigenvalue weighted by atomic mass is 9.96. The molecular weight excluding hydrogens is 388 g/mol. The smallest absolute Gasteiger partial charge is 0.317 e. The van der Waals surface area contributed by atoms with Gasteiger partial charge in [-0.05, 0) is 37.1 Å². The third-order valence-corrected chi connectivity index (χ3v) is 7.20. The van der Waals surface area contributed by atoms with Gasteiger partial charge in [-0.3, -0.25) is 9.59 Å². The van der Waals surface area contributed by atoms with Crippen molar-refractivity contribution in [1.82, 2.24) is 20.0 Å². The molecule has 1 aromatic heterocycles. The van der Waals surface area contributed by atoms with Crippen LogP contribution in [0.15, 0.2) is 17.5 Å². The maximum atomic E-state index is 13.1. The number of likely N-dealkylation sites (tertiary alicyclic amines) is 1. The van der Waals surface area contributed by atoms with Gasteiger partial charge >= 0.3 is 6.03 Å². The third-order valence-electron chi connectivity index (χ3n) is 6.34. The number of hydrogen-bond donors (Lipinski definition) is 1. The van der Waals surface area contributed by atoms with Gasteiger partial charge in [0.05, 0.1) is 4.88 Å². The second-order valence-electron chi connectivity index (χ2n) is 8.23. The first-order valence-electron chi connectivity index (χ1n) is 10.8. The van der Waals surface area contributed by atoms with E-state index in [1.54, 1.807) is 4.90 Å². The minimum Gasteiger partial charge on any atom is -0.337 e. The fraction of sp³-hybridized carbons (Fsp3) is 0.667. The Morgan fingerprint density at radius 3 is 2.31 bits per heavy atom. The number of urea groups is 1. The van der Waals surface area contributed by atoms with E-state index in [1.165, 1.54) is 30.6 Å². The van der Waals surface area contributed by atoms with E-state index in [0.29, 0.717) is 43.6 Å². The summed E-state index contributed by atoms with van der Waals surface area (Å²) in [6.07, 6.45) is 7.36. The van der Waals surface area contributed by atoms with Crippen molar-refractivity contribution in [2.75, 3.05) is 32.7 Å². The van der Waals surface area contributed by atoms with Crippen LogP contribution in [0, 0.1) is 0 Å². The Labute approximate surface area is 176 Å². The van der Waals surface area contributed by atoms with Crippen LogP contribution < -0.4 is 5.32 Å². The molecule has 0 radical (unpaired) electrons. The second kappa shape index (κ2) is 9.15. The lowest BCUT2D eigenvalue weighted by Crippen LogP contribution is -2.57. The van der Waals surface area contributed by atoms with E-state index in [-0.39, 0.29) is 23.9 Å².